The molecule has 2 aliphatic rings. The van der Waals surface area contributed by atoms with Crippen LogP contribution in [0.3, 0.4) is 0 Å². The third-order valence-electron chi connectivity index (χ3n) is 7.62. The highest BCUT2D eigenvalue weighted by Crippen LogP contribution is 2.31. The van der Waals surface area contributed by atoms with E-state index in [1.807, 2.05) is 23.0 Å². The van der Waals surface area contributed by atoms with Crippen molar-refractivity contribution in [3.05, 3.63) is 36.2 Å². The maximum atomic E-state index is 12.5. The number of nitrogens with zero attached hydrogens (tertiary/aromatic N) is 4. The third kappa shape index (κ3) is 7.26. The fraction of sp³-hybridized carbons (Fsp3) is 0.552. The van der Waals surface area contributed by atoms with Crippen molar-refractivity contribution in [2.75, 3.05) is 23.8 Å². The lowest BCUT2D eigenvalue weighted by Crippen LogP contribution is -2.24. The van der Waals surface area contributed by atoms with Gasteiger partial charge in [-0.15, -0.1) is 0 Å². The van der Waals surface area contributed by atoms with E-state index in [4.69, 9.17) is 20.4 Å². The Morgan fingerprint density at radius 2 is 1.77 bits per heavy atom. The number of amides is 2. The number of nitrogens with two attached hydrogens (primary N) is 1. The summed E-state index contributed by atoms with van der Waals surface area (Å²) >= 11 is 0. The molecule has 2 aromatic heterocycles. The number of imidazole rings is 1. The minimum Gasteiger partial charge on any atom is -0.370 e. The molecule has 214 valence electrons. The Labute approximate surface area is 234 Å². The Bertz CT molecular complexity index is 1280. The molecule has 1 aromatic carbocycles. The van der Waals surface area contributed by atoms with Crippen LogP contribution < -0.4 is 21.7 Å². The Balaban J connectivity index is 1.28. The number of ether oxygens (including phenoxy) is 1. The molecule has 1 aliphatic carbocycles. The lowest BCUT2D eigenvalue weighted by Gasteiger charge is -2.25. The van der Waals surface area contributed by atoms with Crippen LogP contribution in [-0.4, -0.2) is 50.5 Å². The second-order valence-corrected chi connectivity index (χ2v) is 10.8. The van der Waals surface area contributed by atoms with Crippen LogP contribution in [0.4, 0.5) is 17.5 Å². The van der Waals surface area contributed by atoms with Crippen LogP contribution in [0.5, 0.6) is 0 Å². The van der Waals surface area contributed by atoms with Crippen molar-refractivity contribution in [3.63, 3.8) is 0 Å². The van der Waals surface area contributed by atoms with Gasteiger partial charge in [0.05, 0.1) is 6.33 Å². The normalized spacial score (nSPS) is 17.9. The highest BCUT2D eigenvalue weighted by Gasteiger charge is 2.23. The van der Waals surface area contributed by atoms with Gasteiger partial charge in [-0.05, 0) is 69.2 Å². The molecule has 3 heterocycles. The second kappa shape index (κ2) is 13.6. The molecule has 1 aliphatic heterocycles. The van der Waals surface area contributed by atoms with Gasteiger partial charge in [0.2, 0.25) is 11.9 Å². The number of aromatic nitrogens is 4. The molecule has 1 unspecified atom stereocenters. The molecule has 40 heavy (non-hydrogen) atoms. The van der Waals surface area contributed by atoms with Crippen LogP contribution in [0, 0.1) is 0 Å². The van der Waals surface area contributed by atoms with Crippen LogP contribution in [0.15, 0.2) is 30.6 Å². The van der Waals surface area contributed by atoms with Gasteiger partial charge in [-0.1, -0.05) is 25.7 Å². The molecule has 1 saturated heterocycles. The zero-order chi connectivity index (χ0) is 27.7. The van der Waals surface area contributed by atoms with Gasteiger partial charge in [-0.3, -0.25) is 14.2 Å². The maximum Gasteiger partial charge on any atom is 0.251 e. The average Bonchev–Trinajstić information content (AvgIpc) is 3.40. The molecule has 11 nitrogen and oxygen atoms in total. The van der Waals surface area contributed by atoms with Gasteiger partial charge in [0.15, 0.2) is 17.0 Å². The van der Waals surface area contributed by atoms with Gasteiger partial charge < -0.3 is 26.4 Å². The molecule has 5 rings (SSSR count). The molecule has 2 amide bonds. The van der Waals surface area contributed by atoms with Crippen molar-refractivity contribution in [2.24, 2.45) is 5.73 Å². The molecule has 0 bridgehead atoms. The summed E-state index contributed by atoms with van der Waals surface area (Å²) in [5, 5.41) is 9.89. The molecule has 0 radical (unpaired) electrons. The standard InChI is InChI=1S/C29H40N8O3/c30-23(38)11-5-2-7-17-31-28(39)20-13-15-22(16-14-20)34-29-35-26(33-21-9-3-1-4-10-21)25-27(36-29)37(19-32-25)24-12-6-8-18-40-24/h13-16,19,21,24H,1-12,17-18H2,(H2,30,38)(H,31,39)(H2,33,34,35,36). The first kappa shape index (κ1) is 27.8. The van der Waals surface area contributed by atoms with E-state index < -0.39 is 0 Å². The number of carbonyl (C=O) groups is 2. The van der Waals surface area contributed by atoms with Crippen molar-refractivity contribution < 1.29 is 14.3 Å². The number of anilines is 3. The van der Waals surface area contributed by atoms with Gasteiger partial charge in [-0.25, -0.2) is 4.98 Å². The summed E-state index contributed by atoms with van der Waals surface area (Å²) in [5.74, 6) is 0.787. The zero-order valence-electron chi connectivity index (χ0n) is 23.0. The van der Waals surface area contributed by atoms with Crippen LogP contribution in [-0.2, 0) is 9.53 Å². The Kier molecular flexibility index (Phi) is 9.43. The van der Waals surface area contributed by atoms with E-state index >= 15 is 0 Å². The number of carbonyl (C=O) groups excluding carboxylic acids is 2. The fourth-order valence-corrected chi connectivity index (χ4v) is 5.41. The maximum absolute atomic E-state index is 12.5. The quantitative estimate of drug-likeness (QED) is 0.236. The molecule has 1 atom stereocenters. The van der Waals surface area contributed by atoms with Crippen LogP contribution in [0.2, 0.25) is 0 Å². The summed E-state index contributed by atoms with van der Waals surface area (Å²) in [5.41, 5.74) is 8.02. The number of rotatable bonds is 12. The number of hydrogen-bond acceptors (Lipinski definition) is 8. The number of fused-ring (bicyclic) bond motifs is 1. The van der Waals surface area contributed by atoms with Gasteiger partial charge >= 0.3 is 0 Å². The van der Waals surface area contributed by atoms with E-state index in [0.29, 0.717) is 30.5 Å². The summed E-state index contributed by atoms with van der Waals surface area (Å²) in [6.45, 7) is 1.30. The molecular weight excluding hydrogens is 508 g/mol. The first-order valence-electron chi connectivity index (χ1n) is 14.6. The van der Waals surface area contributed by atoms with Crippen molar-refractivity contribution >= 4 is 40.4 Å². The monoisotopic (exact) mass is 548 g/mol. The second-order valence-electron chi connectivity index (χ2n) is 10.8. The Morgan fingerprint density at radius 1 is 0.975 bits per heavy atom. The van der Waals surface area contributed by atoms with Gasteiger partial charge in [0.1, 0.15) is 6.23 Å². The number of unbranched alkanes of at least 4 members (excludes halogenated alkanes) is 2. The molecule has 5 N–H and O–H groups in total. The zero-order valence-corrected chi connectivity index (χ0v) is 23.0. The summed E-state index contributed by atoms with van der Waals surface area (Å²) in [4.78, 5) is 37.7. The highest BCUT2D eigenvalue weighted by molar-refractivity contribution is 5.94. The van der Waals surface area contributed by atoms with Crippen LogP contribution >= 0.6 is 0 Å². The smallest absolute Gasteiger partial charge is 0.251 e. The van der Waals surface area contributed by atoms with Crippen molar-refractivity contribution in [1.29, 1.82) is 0 Å². The van der Waals surface area contributed by atoms with E-state index in [0.717, 1.165) is 80.6 Å². The van der Waals surface area contributed by atoms with Crippen molar-refractivity contribution in [3.8, 4) is 0 Å². The first-order chi connectivity index (χ1) is 19.6. The lowest BCUT2D eigenvalue weighted by molar-refractivity contribution is -0.118. The van der Waals surface area contributed by atoms with Gasteiger partial charge in [0.25, 0.3) is 5.91 Å². The number of primary amides is 1. The third-order valence-corrected chi connectivity index (χ3v) is 7.62. The highest BCUT2D eigenvalue weighted by atomic mass is 16.5. The van der Waals surface area contributed by atoms with E-state index in [2.05, 4.69) is 20.9 Å². The van der Waals surface area contributed by atoms with E-state index in [9.17, 15) is 9.59 Å². The number of benzene rings is 1. The Morgan fingerprint density at radius 3 is 2.52 bits per heavy atom. The molecule has 1 saturated carbocycles. The SMILES string of the molecule is NC(=O)CCCCCNC(=O)c1ccc(Nc2nc(NC3CCCCC3)c3ncn(C4CCCCO4)c3n2)cc1. The Hall–Kier alpha value is -3.73. The number of nitrogens with one attached hydrogen (secondary N) is 3. The summed E-state index contributed by atoms with van der Waals surface area (Å²) in [7, 11) is 0. The van der Waals surface area contributed by atoms with Crippen LogP contribution in [0.1, 0.15) is 93.6 Å². The molecule has 3 aromatic rings. The summed E-state index contributed by atoms with van der Waals surface area (Å²) < 4.78 is 8.06. The average molecular weight is 549 g/mol. The topological polar surface area (TPSA) is 149 Å². The summed E-state index contributed by atoms with van der Waals surface area (Å²) in [6, 6.07) is 7.64. The van der Waals surface area contributed by atoms with Crippen molar-refractivity contribution in [2.45, 2.75) is 89.3 Å². The molecular formula is C29H40N8O3. The minimum absolute atomic E-state index is 0.0787. The van der Waals surface area contributed by atoms with E-state index in [1.165, 1.54) is 19.3 Å². The molecule has 2 fully saturated rings. The van der Waals surface area contributed by atoms with E-state index in [1.54, 1.807) is 12.1 Å². The largest absolute Gasteiger partial charge is 0.370 e. The molecule has 11 heteroatoms. The first-order valence-corrected chi connectivity index (χ1v) is 14.6. The summed E-state index contributed by atoms with van der Waals surface area (Å²) in [6.07, 6.45) is 13.6. The van der Waals surface area contributed by atoms with Gasteiger partial charge in [-0.2, -0.15) is 9.97 Å². The fourth-order valence-electron chi connectivity index (χ4n) is 5.41. The van der Waals surface area contributed by atoms with Crippen LogP contribution in [0.25, 0.3) is 11.2 Å². The predicted molar refractivity (Wildman–Crippen MR) is 154 cm³/mol. The van der Waals surface area contributed by atoms with Crippen molar-refractivity contribution in [1.82, 2.24) is 24.8 Å². The lowest BCUT2D eigenvalue weighted by atomic mass is 9.95. The van der Waals surface area contributed by atoms with Gasteiger partial charge in [0, 0.05) is 36.9 Å². The molecule has 0 spiro atoms. The number of hydrogen-bond donors (Lipinski definition) is 4. The minimum atomic E-state index is -0.288. The predicted octanol–water partition coefficient (Wildman–Crippen LogP) is 4.79. The van der Waals surface area contributed by atoms with E-state index in [-0.39, 0.29) is 18.0 Å².